The van der Waals surface area contributed by atoms with Crippen LogP contribution >= 0.6 is 0 Å². The summed E-state index contributed by atoms with van der Waals surface area (Å²) in [6.07, 6.45) is 5.98. The van der Waals surface area contributed by atoms with E-state index in [1.807, 2.05) is 12.2 Å². The highest BCUT2D eigenvalue weighted by Crippen LogP contribution is 2.27. The Morgan fingerprint density at radius 2 is 1.66 bits per heavy atom. The fraction of sp³-hybridized carbons (Fsp3) is 0.0769. The molecule has 0 aliphatic heterocycles. The molecule has 0 amide bonds. The van der Waals surface area contributed by atoms with Gasteiger partial charge in [-0.2, -0.15) is 0 Å². The number of nitrogens with zero attached hydrogens (tertiary/aromatic N) is 3. The first kappa shape index (κ1) is 17.4. The van der Waals surface area contributed by atoms with Gasteiger partial charge in [0.05, 0.1) is 22.1 Å². The smallest absolute Gasteiger partial charge is 0.235 e. The predicted octanol–water partition coefficient (Wildman–Crippen LogP) is 4.80. The van der Waals surface area contributed by atoms with E-state index in [9.17, 15) is 0 Å². The number of allylic oxidation sites excluding steroid dienone is 1. The Hall–Kier alpha value is -3.72. The van der Waals surface area contributed by atoms with Crippen LogP contribution in [0.25, 0.3) is 50.7 Å². The number of fused-ring (bicyclic) bond motifs is 4. The Labute approximate surface area is 169 Å². The summed E-state index contributed by atoms with van der Waals surface area (Å²) in [4.78, 5) is 9.93. The molecule has 0 saturated carbocycles. The van der Waals surface area contributed by atoms with Crippen LogP contribution in [0, 0.1) is 6.92 Å². The van der Waals surface area contributed by atoms with Gasteiger partial charge in [-0.3, -0.25) is 4.57 Å². The van der Waals surface area contributed by atoms with Gasteiger partial charge in [-0.1, -0.05) is 67.3 Å². The van der Waals surface area contributed by atoms with Gasteiger partial charge in [0, 0.05) is 16.0 Å². The molecule has 5 rings (SSSR count). The van der Waals surface area contributed by atoms with Gasteiger partial charge in [0.2, 0.25) is 5.95 Å². The number of aromatic nitrogens is 3. The molecule has 5 aromatic rings. The van der Waals surface area contributed by atoms with Crippen molar-refractivity contribution in [3.8, 4) is 5.95 Å². The van der Waals surface area contributed by atoms with Crippen LogP contribution in [0.3, 0.4) is 0 Å². The molecular weight excluding hydrogens is 354 g/mol. The molecule has 140 valence electrons. The molecule has 3 heteroatoms. The minimum Gasteiger partial charge on any atom is -0.278 e. The molecular formula is C26H21N3. The third-order valence-electron chi connectivity index (χ3n) is 5.47. The lowest BCUT2D eigenvalue weighted by Gasteiger charge is -2.10. The molecule has 0 aliphatic carbocycles. The molecule has 3 nitrogen and oxygen atoms in total. The summed E-state index contributed by atoms with van der Waals surface area (Å²) in [5, 5.41) is 6.90. The third kappa shape index (κ3) is 2.59. The van der Waals surface area contributed by atoms with Gasteiger partial charge in [-0.25, -0.2) is 9.97 Å². The topological polar surface area (TPSA) is 30.7 Å². The Morgan fingerprint density at radius 3 is 2.45 bits per heavy atom. The molecule has 0 aliphatic rings. The standard InChI is InChI=1S/C26H21N3/c1-4-10-23-19(5-2)21-13-8-9-14-24(21)29(23)26-27-17(3)25-20-12-7-6-11-18(20)15-16-22(25)28-26/h4-16H,1H2,2-3H3/b19-5-,23-10+. The molecule has 3 aromatic carbocycles. The van der Waals surface area contributed by atoms with Gasteiger partial charge in [-0.15, -0.1) is 0 Å². The van der Waals surface area contributed by atoms with E-state index in [0.717, 1.165) is 27.5 Å². The lowest BCUT2D eigenvalue weighted by molar-refractivity contribution is 0.936. The zero-order valence-electron chi connectivity index (χ0n) is 16.6. The molecule has 0 spiro atoms. The Balaban J connectivity index is 1.94. The average Bonchev–Trinajstić information content (AvgIpc) is 3.06. The second-order valence-corrected chi connectivity index (χ2v) is 7.13. The first-order valence-corrected chi connectivity index (χ1v) is 9.78. The summed E-state index contributed by atoms with van der Waals surface area (Å²) >= 11 is 0. The lowest BCUT2D eigenvalue weighted by Crippen LogP contribution is -2.29. The number of benzene rings is 3. The molecule has 0 radical (unpaired) electrons. The van der Waals surface area contributed by atoms with E-state index in [1.54, 1.807) is 0 Å². The van der Waals surface area contributed by atoms with Crippen molar-refractivity contribution in [1.29, 1.82) is 0 Å². The van der Waals surface area contributed by atoms with Crippen molar-refractivity contribution < 1.29 is 0 Å². The lowest BCUT2D eigenvalue weighted by atomic mass is 10.0. The Kier molecular flexibility index (Phi) is 4.02. The third-order valence-corrected chi connectivity index (χ3v) is 5.47. The number of hydrogen-bond acceptors (Lipinski definition) is 2. The molecule has 2 aromatic heterocycles. The summed E-state index contributed by atoms with van der Waals surface area (Å²) < 4.78 is 2.13. The summed E-state index contributed by atoms with van der Waals surface area (Å²) in [5.41, 5.74) is 3.02. The largest absolute Gasteiger partial charge is 0.278 e. The zero-order chi connectivity index (χ0) is 20.0. The summed E-state index contributed by atoms with van der Waals surface area (Å²) in [6.45, 7) is 8.04. The summed E-state index contributed by atoms with van der Waals surface area (Å²) in [7, 11) is 0. The molecule has 0 saturated heterocycles. The number of aryl methyl sites for hydroxylation is 1. The maximum absolute atomic E-state index is 4.98. The fourth-order valence-corrected chi connectivity index (χ4v) is 4.25. The van der Waals surface area contributed by atoms with Crippen LogP contribution in [0.1, 0.15) is 12.6 Å². The maximum Gasteiger partial charge on any atom is 0.235 e. The molecule has 0 N–H and O–H groups in total. The van der Waals surface area contributed by atoms with E-state index in [0.29, 0.717) is 5.95 Å². The van der Waals surface area contributed by atoms with Crippen LogP contribution in [-0.2, 0) is 0 Å². The van der Waals surface area contributed by atoms with E-state index in [4.69, 9.17) is 9.97 Å². The van der Waals surface area contributed by atoms with E-state index in [2.05, 4.69) is 91.7 Å². The van der Waals surface area contributed by atoms with E-state index >= 15 is 0 Å². The second-order valence-electron chi connectivity index (χ2n) is 7.13. The van der Waals surface area contributed by atoms with Gasteiger partial charge in [0.1, 0.15) is 0 Å². The highest BCUT2D eigenvalue weighted by atomic mass is 15.2. The summed E-state index contributed by atoms with van der Waals surface area (Å²) in [5.74, 6) is 0.683. The van der Waals surface area contributed by atoms with Crippen molar-refractivity contribution in [2.75, 3.05) is 0 Å². The van der Waals surface area contributed by atoms with Crippen LogP contribution in [0.2, 0.25) is 0 Å². The fourth-order valence-electron chi connectivity index (χ4n) is 4.25. The Bertz CT molecular complexity index is 1540. The quantitative estimate of drug-likeness (QED) is 0.415. The van der Waals surface area contributed by atoms with Crippen molar-refractivity contribution in [2.24, 2.45) is 0 Å². The molecule has 0 atom stereocenters. The monoisotopic (exact) mass is 375 g/mol. The average molecular weight is 375 g/mol. The molecule has 0 unspecified atom stereocenters. The molecule has 0 fully saturated rings. The highest BCUT2D eigenvalue weighted by molar-refractivity contribution is 6.07. The maximum atomic E-state index is 4.98. The number of hydrogen-bond donors (Lipinski definition) is 0. The van der Waals surface area contributed by atoms with E-state index < -0.39 is 0 Å². The first-order valence-electron chi connectivity index (χ1n) is 9.78. The van der Waals surface area contributed by atoms with E-state index in [1.165, 1.54) is 21.4 Å². The molecule has 0 bridgehead atoms. The van der Waals surface area contributed by atoms with Crippen LogP contribution in [-0.4, -0.2) is 14.5 Å². The normalized spacial score (nSPS) is 13.0. The SMILES string of the molecule is C=C/C=c1\c(=C/C)c2ccccc2n1-c1nc(C)c2c(ccc3ccccc32)n1. The predicted molar refractivity (Wildman–Crippen MR) is 123 cm³/mol. The highest BCUT2D eigenvalue weighted by Gasteiger charge is 2.14. The van der Waals surface area contributed by atoms with Crippen molar-refractivity contribution >= 4 is 44.7 Å². The molecule has 2 heterocycles. The number of rotatable bonds is 2. The van der Waals surface area contributed by atoms with Crippen molar-refractivity contribution in [2.45, 2.75) is 13.8 Å². The zero-order valence-corrected chi connectivity index (χ0v) is 16.6. The van der Waals surface area contributed by atoms with Crippen LogP contribution < -0.4 is 10.6 Å². The van der Waals surface area contributed by atoms with Crippen molar-refractivity contribution in [3.63, 3.8) is 0 Å². The van der Waals surface area contributed by atoms with Crippen LogP contribution in [0.5, 0.6) is 0 Å². The van der Waals surface area contributed by atoms with Crippen LogP contribution in [0.15, 0.2) is 73.3 Å². The van der Waals surface area contributed by atoms with Gasteiger partial charge in [0.25, 0.3) is 0 Å². The second kappa shape index (κ2) is 6.71. The van der Waals surface area contributed by atoms with Gasteiger partial charge in [-0.05, 0) is 42.8 Å². The van der Waals surface area contributed by atoms with Gasteiger partial charge < -0.3 is 0 Å². The van der Waals surface area contributed by atoms with E-state index in [-0.39, 0.29) is 0 Å². The van der Waals surface area contributed by atoms with Gasteiger partial charge >= 0.3 is 0 Å². The van der Waals surface area contributed by atoms with Crippen LogP contribution in [0.4, 0.5) is 0 Å². The van der Waals surface area contributed by atoms with Crippen molar-refractivity contribution in [1.82, 2.24) is 14.5 Å². The molecule has 29 heavy (non-hydrogen) atoms. The minimum absolute atomic E-state index is 0.683. The van der Waals surface area contributed by atoms with Crippen molar-refractivity contribution in [3.05, 3.63) is 89.6 Å². The minimum atomic E-state index is 0.683. The first-order chi connectivity index (χ1) is 14.2. The Morgan fingerprint density at radius 1 is 0.897 bits per heavy atom. The number of para-hydroxylation sites is 1. The van der Waals surface area contributed by atoms with Gasteiger partial charge in [0.15, 0.2) is 0 Å². The summed E-state index contributed by atoms with van der Waals surface area (Å²) in [6, 6.07) is 21.0.